The maximum absolute atomic E-state index is 11.8. The lowest BCUT2D eigenvalue weighted by atomic mass is 10.0. The zero-order chi connectivity index (χ0) is 15.8. The van der Waals surface area contributed by atoms with Gasteiger partial charge in [-0.15, -0.1) is 0 Å². The summed E-state index contributed by atoms with van der Waals surface area (Å²) in [5.74, 6) is 0.605. The van der Waals surface area contributed by atoms with E-state index in [4.69, 9.17) is 0 Å². The van der Waals surface area contributed by atoms with Crippen LogP contribution in [0.3, 0.4) is 0 Å². The summed E-state index contributed by atoms with van der Waals surface area (Å²) in [5.41, 5.74) is 4.06. The van der Waals surface area contributed by atoms with Crippen molar-refractivity contribution < 1.29 is 4.79 Å². The Morgan fingerprint density at radius 3 is 2.96 bits per heavy atom. The van der Waals surface area contributed by atoms with Crippen LogP contribution in [0, 0.1) is 6.92 Å². The van der Waals surface area contributed by atoms with Gasteiger partial charge in [-0.1, -0.05) is 29.8 Å². The largest absolute Gasteiger partial charge is 0.346 e. The maximum Gasteiger partial charge on any atom is 0.270 e. The Bertz CT molecular complexity index is 741. The lowest BCUT2D eigenvalue weighted by molar-refractivity contribution is 0.0961. The number of anilines is 1. The highest BCUT2D eigenvalue weighted by Crippen LogP contribution is 2.26. The monoisotopic (exact) mass is 308 g/mol. The first-order valence-electron chi connectivity index (χ1n) is 8.17. The summed E-state index contributed by atoms with van der Waals surface area (Å²) < 4.78 is 0. The third-order valence-corrected chi connectivity index (χ3v) is 4.73. The third kappa shape index (κ3) is 2.67. The number of amides is 1. The fraction of sp³-hybridized carbons (Fsp3) is 0.389. The molecule has 0 bridgehead atoms. The van der Waals surface area contributed by atoms with E-state index >= 15 is 0 Å². The molecule has 1 atom stereocenters. The van der Waals surface area contributed by atoms with Crippen LogP contribution in [0.4, 0.5) is 5.95 Å². The van der Waals surface area contributed by atoms with Crippen LogP contribution >= 0.6 is 0 Å². The van der Waals surface area contributed by atoms with Crippen molar-refractivity contribution in [2.24, 2.45) is 0 Å². The van der Waals surface area contributed by atoms with Gasteiger partial charge >= 0.3 is 0 Å². The standard InChI is InChI=1S/C18H20N4O/c1-12-4-6-13(7-5-12)9-15-3-2-8-22(15)18-20-11-14-10-19-17(23)16(14)21-18/h4-7,11,15H,2-3,8-10H2,1H3,(H,19,23). The lowest BCUT2D eigenvalue weighted by Crippen LogP contribution is -2.32. The molecule has 1 fully saturated rings. The fourth-order valence-electron chi connectivity index (χ4n) is 3.43. The van der Waals surface area contributed by atoms with E-state index in [1.54, 1.807) is 6.20 Å². The van der Waals surface area contributed by atoms with Crippen LogP contribution < -0.4 is 10.2 Å². The first kappa shape index (κ1) is 14.2. The molecule has 2 aliphatic rings. The highest BCUT2D eigenvalue weighted by molar-refractivity contribution is 5.96. The van der Waals surface area contributed by atoms with Gasteiger partial charge in [-0.3, -0.25) is 4.79 Å². The number of carbonyl (C=O) groups is 1. The number of rotatable bonds is 3. The van der Waals surface area contributed by atoms with Crippen LogP contribution in [-0.2, 0) is 13.0 Å². The van der Waals surface area contributed by atoms with Crippen molar-refractivity contribution in [1.29, 1.82) is 0 Å². The van der Waals surface area contributed by atoms with Crippen LogP contribution in [0.2, 0.25) is 0 Å². The van der Waals surface area contributed by atoms with E-state index in [-0.39, 0.29) is 5.91 Å². The second-order valence-corrected chi connectivity index (χ2v) is 6.41. The van der Waals surface area contributed by atoms with Crippen molar-refractivity contribution in [2.75, 3.05) is 11.4 Å². The normalized spacial score (nSPS) is 19.8. The summed E-state index contributed by atoms with van der Waals surface area (Å²) >= 11 is 0. The second-order valence-electron chi connectivity index (χ2n) is 6.41. The van der Waals surface area contributed by atoms with Crippen molar-refractivity contribution in [3.05, 3.63) is 52.8 Å². The molecule has 3 heterocycles. The molecular formula is C18H20N4O. The molecule has 5 heteroatoms. The molecule has 1 N–H and O–H groups in total. The first-order chi connectivity index (χ1) is 11.2. The Balaban J connectivity index is 1.57. The van der Waals surface area contributed by atoms with Crippen molar-refractivity contribution >= 4 is 11.9 Å². The number of aryl methyl sites for hydroxylation is 1. The summed E-state index contributed by atoms with van der Waals surface area (Å²) in [7, 11) is 0. The van der Waals surface area contributed by atoms with Crippen LogP contribution in [0.5, 0.6) is 0 Å². The van der Waals surface area contributed by atoms with E-state index in [0.29, 0.717) is 24.2 Å². The minimum absolute atomic E-state index is 0.0852. The van der Waals surface area contributed by atoms with Gasteiger partial charge in [-0.05, 0) is 31.7 Å². The quantitative estimate of drug-likeness (QED) is 0.945. The molecule has 5 nitrogen and oxygen atoms in total. The summed E-state index contributed by atoms with van der Waals surface area (Å²) in [6.07, 6.45) is 5.06. The van der Waals surface area contributed by atoms with Gasteiger partial charge in [-0.2, -0.15) is 0 Å². The summed E-state index contributed by atoms with van der Waals surface area (Å²) in [6, 6.07) is 9.11. The van der Waals surface area contributed by atoms with Crippen LogP contribution in [-0.4, -0.2) is 28.5 Å². The number of aromatic nitrogens is 2. The predicted molar refractivity (Wildman–Crippen MR) is 88.5 cm³/mol. The molecule has 23 heavy (non-hydrogen) atoms. The van der Waals surface area contributed by atoms with Crippen molar-refractivity contribution in [2.45, 2.75) is 38.8 Å². The van der Waals surface area contributed by atoms with Gasteiger partial charge in [0.15, 0.2) is 0 Å². The average Bonchev–Trinajstić information content (AvgIpc) is 3.16. The summed E-state index contributed by atoms with van der Waals surface area (Å²) in [6.45, 7) is 3.60. The molecule has 0 aliphatic carbocycles. The van der Waals surface area contributed by atoms with Gasteiger partial charge in [0.1, 0.15) is 5.69 Å². The van der Waals surface area contributed by atoms with E-state index in [2.05, 4.69) is 51.4 Å². The van der Waals surface area contributed by atoms with E-state index in [1.165, 1.54) is 11.1 Å². The SMILES string of the molecule is Cc1ccc(CC2CCCN2c2ncc3c(n2)C(=O)NC3)cc1. The number of nitrogens with one attached hydrogen (secondary N) is 1. The van der Waals surface area contributed by atoms with Crippen molar-refractivity contribution in [3.8, 4) is 0 Å². The predicted octanol–water partition coefficient (Wildman–Crippen LogP) is 2.24. The molecule has 0 spiro atoms. The van der Waals surface area contributed by atoms with Gasteiger partial charge in [0.2, 0.25) is 5.95 Å². The Morgan fingerprint density at radius 1 is 1.30 bits per heavy atom. The minimum atomic E-state index is -0.0852. The molecule has 1 aromatic heterocycles. The molecule has 2 aliphatic heterocycles. The average molecular weight is 308 g/mol. The van der Waals surface area contributed by atoms with Crippen molar-refractivity contribution in [1.82, 2.24) is 15.3 Å². The molecule has 1 amide bonds. The van der Waals surface area contributed by atoms with E-state index < -0.39 is 0 Å². The highest BCUT2D eigenvalue weighted by Gasteiger charge is 2.29. The lowest BCUT2D eigenvalue weighted by Gasteiger charge is -2.25. The first-order valence-corrected chi connectivity index (χ1v) is 8.17. The summed E-state index contributed by atoms with van der Waals surface area (Å²) in [4.78, 5) is 23.1. The number of carbonyl (C=O) groups excluding carboxylic acids is 1. The van der Waals surface area contributed by atoms with Gasteiger partial charge < -0.3 is 10.2 Å². The molecule has 1 aromatic carbocycles. The molecule has 0 radical (unpaired) electrons. The Hall–Kier alpha value is -2.43. The molecule has 0 saturated carbocycles. The zero-order valence-electron chi connectivity index (χ0n) is 13.2. The molecular weight excluding hydrogens is 288 g/mol. The summed E-state index contributed by atoms with van der Waals surface area (Å²) in [5, 5.41) is 2.80. The second kappa shape index (κ2) is 5.65. The topological polar surface area (TPSA) is 58.1 Å². The fourth-order valence-corrected chi connectivity index (χ4v) is 3.43. The van der Waals surface area contributed by atoms with Crippen LogP contribution in [0.1, 0.15) is 40.0 Å². The Morgan fingerprint density at radius 2 is 2.13 bits per heavy atom. The zero-order valence-corrected chi connectivity index (χ0v) is 13.2. The van der Waals surface area contributed by atoms with Crippen molar-refractivity contribution in [3.63, 3.8) is 0 Å². The molecule has 1 unspecified atom stereocenters. The Labute approximate surface area is 135 Å². The number of hydrogen-bond donors (Lipinski definition) is 1. The number of hydrogen-bond acceptors (Lipinski definition) is 4. The third-order valence-electron chi connectivity index (χ3n) is 4.73. The van der Waals surface area contributed by atoms with Gasteiger partial charge in [-0.25, -0.2) is 9.97 Å². The number of nitrogens with zero attached hydrogens (tertiary/aromatic N) is 3. The van der Waals surface area contributed by atoms with Crippen LogP contribution in [0.25, 0.3) is 0 Å². The van der Waals surface area contributed by atoms with E-state index in [0.717, 1.165) is 31.4 Å². The highest BCUT2D eigenvalue weighted by atomic mass is 16.2. The van der Waals surface area contributed by atoms with Gasteiger partial charge in [0.05, 0.1) is 0 Å². The minimum Gasteiger partial charge on any atom is -0.346 e. The Kier molecular flexibility index (Phi) is 3.48. The van der Waals surface area contributed by atoms with Crippen LogP contribution in [0.15, 0.2) is 30.5 Å². The molecule has 2 aromatic rings. The smallest absolute Gasteiger partial charge is 0.270 e. The maximum atomic E-state index is 11.8. The molecule has 118 valence electrons. The molecule has 4 rings (SSSR count). The van der Waals surface area contributed by atoms with Gasteiger partial charge in [0, 0.05) is 30.9 Å². The van der Waals surface area contributed by atoms with E-state index in [1.807, 2.05) is 0 Å². The number of fused-ring (bicyclic) bond motifs is 1. The number of benzene rings is 1. The molecule has 1 saturated heterocycles. The van der Waals surface area contributed by atoms with E-state index in [9.17, 15) is 4.79 Å². The van der Waals surface area contributed by atoms with Gasteiger partial charge in [0.25, 0.3) is 5.91 Å².